The Kier molecular flexibility index (Phi) is 5.08. The molecule has 8 nitrogen and oxygen atoms in total. The number of sulfone groups is 1. The van der Waals surface area contributed by atoms with E-state index in [0.29, 0.717) is 18.5 Å². The second-order valence-corrected chi connectivity index (χ2v) is 7.39. The predicted octanol–water partition coefficient (Wildman–Crippen LogP) is 0.541. The zero-order valence-corrected chi connectivity index (χ0v) is 14.5. The van der Waals surface area contributed by atoms with E-state index in [2.05, 4.69) is 20.6 Å². The number of nitrogens with zero attached hydrogens (tertiary/aromatic N) is 2. The van der Waals surface area contributed by atoms with Gasteiger partial charge < -0.3 is 10.6 Å². The molecule has 1 aliphatic rings. The van der Waals surface area contributed by atoms with Crippen LogP contribution in [0.25, 0.3) is 6.08 Å². The molecule has 134 valence electrons. The first-order chi connectivity index (χ1) is 12.5. The lowest BCUT2D eigenvalue weighted by molar-refractivity contribution is -0.116. The summed E-state index contributed by atoms with van der Waals surface area (Å²) in [6.45, 7) is 0.532. The number of hydrogen-bond donors (Lipinski definition) is 2. The standard InChI is InChI=1S/C17H16N4O4S/c22-16(13-11-18-8-9-19-13)20-6-3-7-21-17(23)15-10-12-4-1-2-5-14(12)26(15,24)25/h1-2,4-5,8-11H,3,6-7H2,(H,20,22)(H,21,23). The number of carbonyl (C=O) groups is 2. The molecule has 0 unspecified atom stereocenters. The third kappa shape index (κ3) is 3.62. The van der Waals surface area contributed by atoms with Crippen LogP contribution < -0.4 is 10.6 Å². The Morgan fingerprint density at radius 2 is 1.73 bits per heavy atom. The summed E-state index contributed by atoms with van der Waals surface area (Å²) in [6.07, 6.45) is 6.05. The fourth-order valence-electron chi connectivity index (χ4n) is 2.46. The highest BCUT2D eigenvalue weighted by atomic mass is 32.2. The van der Waals surface area contributed by atoms with E-state index in [4.69, 9.17) is 0 Å². The van der Waals surface area contributed by atoms with Gasteiger partial charge in [0, 0.05) is 25.5 Å². The molecule has 0 fully saturated rings. The lowest BCUT2D eigenvalue weighted by Crippen LogP contribution is -2.31. The molecule has 0 saturated carbocycles. The van der Waals surface area contributed by atoms with Crippen LogP contribution in [-0.4, -0.2) is 43.3 Å². The Balaban J connectivity index is 1.48. The van der Waals surface area contributed by atoms with Gasteiger partial charge in [0.1, 0.15) is 10.6 Å². The summed E-state index contributed by atoms with van der Waals surface area (Å²) in [4.78, 5) is 31.5. The Labute approximate surface area is 150 Å². The number of rotatable bonds is 6. The van der Waals surface area contributed by atoms with Crippen molar-refractivity contribution in [2.24, 2.45) is 0 Å². The highest BCUT2D eigenvalue weighted by Crippen LogP contribution is 2.32. The van der Waals surface area contributed by atoms with Crippen molar-refractivity contribution in [3.8, 4) is 0 Å². The van der Waals surface area contributed by atoms with Gasteiger partial charge in [0.2, 0.25) is 9.84 Å². The highest BCUT2D eigenvalue weighted by molar-refractivity contribution is 7.96. The molecule has 2 heterocycles. The molecule has 0 aliphatic carbocycles. The Bertz CT molecular complexity index is 971. The molecule has 2 aromatic rings. The fraction of sp³-hybridized carbons (Fsp3) is 0.176. The average Bonchev–Trinajstić information content (AvgIpc) is 2.93. The first kappa shape index (κ1) is 17.7. The third-order valence-electron chi connectivity index (χ3n) is 3.73. The van der Waals surface area contributed by atoms with Gasteiger partial charge >= 0.3 is 0 Å². The van der Waals surface area contributed by atoms with E-state index in [0.717, 1.165) is 0 Å². The van der Waals surface area contributed by atoms with E-state index < -0.39 is 15.7 Å². The molecule has 9 heteroatoms. The summed E-state index contributed by atoms with van der Waals surface area (Å²) < 4.78 is 24.7. The number of nitrogens with one attached hydrogen (secondary N) is 2. The van der Waals surface area contributed by atoms with Gasteiger partial charge in [-0.1, -0.05) is 18.2 Å². The zero-order chi connectivity index (χ0) is 18.6. The van der Waals surface area contributed by atoms with Gasteiger partial charge in [0.25, 0.3) is 11.8 Å². The van der Waals surface area contributed by atoms with E-state index >= 15 is 0 Å². The molecule has 2 N–H and O–H groups in total. The van der Waals surface area contributed by atoms with Gasteiger partial charge in [0.05, 0.1) is 11.1 Å². The van der Waals surface area contributed by atoms with Gasteiger partial charge in [-0.3, -0.25) is 14.6 Å². The second kappa shape index (κ2) is 7.44. The Hall–Kier alpha value is -3.07. The van der Waals surface area contributed by atoms with Gasteiger partial charge in [-0.2, -0.15) is 0 Å². The van der Waals surface area contributed by atoms with Crippen molar-refractivity contribution in [1.29, 1.82) is 0 Å². The van der Waals surface area contributed by atoms with Crippen molar-refractivity contribution >= 4 is 27.7 Å². The molecular weight excluding hydrogens is 356 g/mol. The van der Waals surface area contributed by atoms with Crippen LogP contribution in [0.3, 0.4) is 0 Å². The number of fused-ring (bicyclic) bond motifs is 1. The van der Waals surface area contributed by atoms with Crippen molar-refractivity contribution < 1.29 is 18.0 Å². The van der Waals surface area contributed by atoms with Crippen LogP contribution in [0.4, 0.5) is 0 Å². The highest BCUT2D eigenvalue weighted by Gasteiger charge is 2.33. The number of benzene rings is 1. The van der Waals surface area contributed by atoms with Gasteiger partial charge in [-0.15, -0.1) is 0 Å². The van der Waals surface area contributed by atoms with Gasteiger partial charge in [-0.05, 0) is 24.1 Å². The van der Waals surface area contributed by atoms with Crippen LogP contribution in [0.15, 0.2) is 52.7 Å². The van der Waals surface area contributed by atoms with Crippen molar-refractivity contribution in [3.63, 3.8) is 0 Å². The van der Waals surface area contributed by atoms with Crippen LogP contribution in [0, 0.1) is 0 Å². The summed E-state index contributed by atoms with van der Waals surface area (Å²) in [6, 6.07) is 6.45. The number of carbonyl (C=O) groups excluding carboxylic acids is 2. The topological polar surface area (TPSA) is 118 Å². The first-order valence-corrected chi connectivity index (χ1v) is 9.37. The van der Waals surface area contributed by atoms with Crippen LogP contribution in [0.1, 0.15) is 22.5 Å². The summed E-state index contributed by atoms with van der Waals surface area (Å²) in [5.41, 5.74) is 0.713. The fourth-order valence-corrected chi connectivity index (χ4v) is 3.99. The van der Waals surface area contributed by atoms with E-state index in [-0.39, 0.29) is 27.9 Å². The van der Waals surface area contributed by atoms with Crippen molar-refractivity contribution in [1.82, 2.24) is 20.6 Å². The second-order valence-electron chi connectivity index (χ2n) is 5.51. The molecule has 0 saturated heterocycles. The first-order valence-electron chi connectivity index (χ1n) is 7.88. The van der Waals surface area contributed by atoms with Gasteiger partial charge in [-0.25, -0.2) is 13.4 Å². The maximum Gasteiger partial charge on any atom is 0.271 e. The monoisotopic (exact) mass is 372 g/mol. The lowest BCUT2D eigenvalue weighted by atomic mass is 10.2. The molecule has 0 radical (unpaired) electrons. The predicted molar refractivity (Wildman–Crippen MR) is 93.6 cm³/mol. The summed E-state index contributed by atoms with van der Waals surface area (Å²) in [5.74, 6) is -1.01. The van der Waals surface area contributed by atoms with Crippen LogP contribution >= 0.6 is 0 Å². The molecule has 1 aliphatic heterocycles. The molecule has 0 spiro atoms. The Morgan fingerprint density at radius 3 is 2.42 bits per heavy atom. The van der Waals surface area contributed by atoms with Crippen LogP contribution in [0.5, 0.6) is 0 Å². The number of amides is 2. The number of hydrogen-bond acceptors (Lipinski definition) is 6. The molecule has 1 aromatic heterocycles. The molecular formula is C17H16N4O4S. The quantitative estimate of drug-likeness (QED) is 0.715. The van der Waals surface area contributed by atoms with Crippen LogP contribution in [0.2, 0.25) is 0 Å². The third-order valence-corrected chi connectivity index (χ3v) is 5.56. The minimum Gasteiger partial charge on any atom is -0.351 e. The summed E-state index contributed by atoms with van der Waals surface area (Å²) in [5, 5.41) is 5.21. The Morgan fingerprint density at radius 1 is 1.00 bits per heavy atom. The zero-order valence-electron chi connectivity index (χ0n) is 13.7. The molecule has 3 rings (SSSR count). The maximum absolute atomic E-state index is 12.4. The van der Waals surface area contributed by atoms with E-state index in [1.54, 1.807) is 18.2 Å². The minimum atomic E-state index is -3.77. The van der Waals surface area contributed by atoms with Gasteiger partial charge in [0.15, 0.2) is 0 Å². The molecule has 26 heavy (non-hydrogen) atoms. The van der Waals surface area contributed by atoms with Crippen LogP contribution in [-0.2, 0) is 14.6 Å². The minimum absolute atomic E-state index is 0.140. The summed E-state index contributed by atoms with van der Waals surface area (Å²) >= 11 is 0. The molecule has 1 aromatic carbocycles. The normalized spacial score (nSPS) is 14.2. The summed E-state index contributed by atoms with van der Waals surface area (Å²) in [7, 11) is -3.77. The molecule has 0 atom stereocenters. The van der Waals surface area contributed by atoms with Crippen molar-refractivity contribution in [3.05, 3.63) is 59.0 Å². The van der Waals surface area contributed by atoms with E-state index in [1.165, 1.54) is 30.7 Å². The van der Waals surface area contributed by atoms with Crippen molar-refractivity contribution in [2.75, 3.05) is 13.1 Å². The smallest absolute Gasteiger partial charge is 0.271 e. The maximum atomic E-state index is 12.4. The number of aromatic nitrogens is 2. The van der Waals surface area contributed by atoms with E-state index in [1.807, 2.05) is 0 Å². The van der Waals surface area contributed by atoms with E-state index in [9.17, 15) is 18.0 Å². The lowest BCUT2D eigenvalue weighted by Gasteiger charge is -2.07. The van der Waals surface area contributed by atoms with Crippen molar-refractivity contribution in [2.45, 2.75) is 11.3 Å². The molecule has 0 bridgehead atoms. The largest absolute Gasteiger partial charge is 0.351 e. The SMILES string of the molecule is O=C(NCCCNC(=O)c1cnccn1)C1=Cc2ccccc2S1(=O)=O. The molecule has 2 amide bonds. The average molecular weight is 372 g/mol.